The third-order valence-corrected chi connectivity index (χ3v) is 3.63. The zero-order valence-electron chi connectivity index (χ0n) is 12.0. The van der Waals surface area contributed by atoms with Crippen molar-refractivity contribution in [2.24, 2.45) is 5.73 Å². The van der Waals surface area contributed by atoms with Crippen LogP contribution in [0.3, 0.4) is 0 Å². The maximum Gasteiger partial charge on any atom is 0.192 e. The third-order valence-electron chi connectivity index (χ3n) is 2.72. The van der Waals surface area contributed by atoms with Crippen LogP contribution in [-0.2, 0) is 0 Å². The molecular formula is C14H17N5S. The Morgan fingerprint density at radius 2 is 1.55 bits per heavy atom. The smallest absolute Gasteiger partial charge is 0.192 e. The summed E-state index contributed by atoms with van der Waals surface area (Å²) >= 11 is 1.42. The van der Waals surface area contributed by atoms with Crippen LogP contribution in [0.4, 0.5) is 0 Å². The standard InChI is InChI=1S/C14H17N5S/c1-7-5-8(2)19-14(18-7)20-11-6-9(3)17-10(4)12(11)13(15)16/h5-6H,1-4H3,(H3,15,16). The first-order valence-electron chi connectivity index (χ1n) is 6.19. The van der Waals surface area contributed by atoms with Gasteiger partial charge in [0.25, 0.3) is 0 Å². The Morgan fingerprint density at radius 1 is 1.00 bits per heavy atom. The number of nitrogen functional groups attached to an aromatic ring is 1. The molecule has 0 radical (unpaired) electrons. The lowest BCUT2D eigenvalue weighted by Gasteiger charge is -2.11. The molecular weight excluding hydrogens is 270 g/mol. The van der Waals surface area contributed by atoms with Crippen molar-refractivity contribution >= 4 is 17.6 Å². The molecule has 2 rings (SSSR count). The summed E-state index contributed by atoms with van der Waals surface area (Å²) in [6.45, 7) is 7.65. The highest BCUT2D eigenvalue weighted by atomic mass is 32.2. The van der Waals surface area contributed by atoms with Crippen LogP contribution in [0.5, 0.6) is 0 Å². The van der Waals surface area contributed by atoms with Gasteiger partial charge in [-0.15, -0.1) is 0 Å². The van der Waals surface area contributed by atoms with Crippen LogP contribution in [0.25, 0.3) is 0 Å². The number of amidine groups is 1. The molecule has 0 saturated carbocycles. The van der Waals surface area contributed by atoms with Gasteiger partial charge < -0.3 is 5.73 Å². The number of rotatable bonds is 3. The summed E-state index contributed by atoms with van der Waals surface area (Å²) < 4.78 is 0. The van der Waals surface area contributed by atoms with Gasteiger partial charge in [-0.3, -0.25) is 10.4 Å². The summed E-state index contributed by atoms with van der Waals surface area (Å²) in [6.07, 6.45) is 0. The molecule has 0 amide bonds. The quantitative estimate of drug-likeness (QED) is 0.514. The molecule has 6 heteroatoms. The Labute approximate surface area is 122 Å². The minimum absolute atomic E-state index is 0.0156. The number of pyridine rings is 1. The van der Waals surface area contributed by atoms with E-state index >= 15 is 0 Å². The van der Waals surface area contributed by atoms with Crippen molar-refractivity contribution in [3.05, 3.63) is 40.5 Å². The number of aryl methyl sites for hydroxylation is 4. The Hall–Kier alpha value is -1.95. The zero-order chi connectivity index (χ0) is 14.9. The molecule has 5 nitrogen and oxygen atoms in total. The van der Waals surface area contributed by atoms with E-state index < -0.39 is 0 Å². The molecule has 0 aliphatic heterocycles. The van der Waals surface area contributed by atoms with Crippen molar-refractivity contribution in [2.75, 3.05) is 0 Å². The van der Waals surface area contributed by atoms with E-state index in [1.807, 2.05) is 39.8 Å². The van der Waals surface area contributed by atoms with Gasteiger partial charge in [0.1, 0.15) is 5.84 Å². The highest BCUT2D eigenvalue weighted by molar-refractivity contribution is 7.99. The average Bonchev–Trinajstić information content (AvgIpc) is 2.25. The van der Waals surface area contributed by atoms with Gasteiger partial charge in [-0.1, -0.05) is 0 Å². The fourth-order valence-corrected chi connectivity index (χ4v) is 3.20. The lowest BCUT2D eigenvalue weighted by atomic mass is 10.1. The Morgan fingerprint density at radius 3 is 2.10 bits per heavy atom. The van der Waals surface area contributed by atoms with Gasteiger partial charge in [-0.2, -0.15) is 0 Å². The van der Waals surface area contributed by atoms with Gasteiger partial charge >= 0.3 is 0 Å². The Kier molecular flexibility index (Phi) is 4.04. The van der Waals surface area contributed by atoms with E-state index in [0.717, 1.165) is 27.7 Å². The SMILES string of the molecule is Cc1cc(C)nc(Sc2cc(C)nc(C)c2C(=N)N)n1. The molecule has 3 N–H and O–H groups in total. The molecule has 2 aromatic heterocycles. The molecule has 2 aromatic rings. The van der Waals surface area contributed by atoms with Crippen LogP contribution >= 0.6 is 11.8 Å². The molecule has 0 saturated heterocycles. The molecule has 0 spiro atoms. The van der Waals surface area contributed by atoms with E-state index in [9.17, 15) is 0 Å². The van der Waals surface area contributed by atoms with Gasteiger partial charge in [-0.05, 0) is 51.6 Å². The lowest BCUT2D eigenvalue weighted by Crippen LogP contribution is -2.15. The molecule has 0 aliphatic carbocycles. The lowest BCUT2D eigenvalue weighted by molar-refractivity contribution is 0.901. The minimum atomic E-state index is 0.0156. The van der Waals surface area contributed by atoms with Crippen molar-refractivity contribution in [1.82, 2.24) is 15.0 Å². The number of hydrogen-bond acceptors (Lipinski definition) is 5. The van der Waals surface area contributed by atoms with Crippen molar-refractivity contribution < 1.29 is 0 Å². The maximum atomic E-state index is 7.72. The summed E-state index contributed by atoms with van der Waals surface area (Å²) in [5, 5.41) is 8.38. The summed E-state index contributed by atoms with van der Waals surface area (Å²) in [7, 11) is 0. The van der Waals surface area contributed by atoms with Crippen molar-refractivity contribution in [3.63, 3.8) is 0 Å². The molecule has 0 fully saturated rings. The highest BCUT2D eigenvalue weighted by Gasteiger charge is 2.14. The summed E-state index contributed by atoms with van der Waals surface area (Å²) in [5.41, 5.74) is 9.81. The topological polar surface area (TPSA) is 88.5 Å². The largest absolute Gasteiger partial charge is 0.384 e. The second-order valence-electron chi connectivity index (χ2n) is 4.67. The second-order valence-corrected chi connectivity index (χ2v) is 5.68. The second kappa shape index (κ2) is 5.58. The highest BCUT2D eigenvalue weighted by Crippen LogP contribution is 2.30. The monoisotopic (exact) mass is 287 g/mol. The summed E-state index contributed by atoms with van der Waals surface area (Å²) in [4.78, 5) is 14.0. The fraction of sp³-hybridized carbons (Fsp3) is 0.286. The van der Waals surface area contributed by atoms with Crippen molar-refractivity contribution in [2.45, 2.75) is 37.7 Å². The Balaban J connectivity index is 2.49. The number of aromatic nitrogens is 3. The minimum Gasteiger partial charge on any atom is -0.384 e. The van der Waals surface area contributed by atoms with Gasteiger partial charge in [0.15, 0.2) is 5.16 Å². The first kappa shape index (κ1) is 14.5. The third kappa shape index (κ3) is 3.14. The predicted octanol–water partition coefficient (Wildman–Crippen LogP) is 2.54. The van der Waals surface area contributed by atoms with Gasteiger partial charge in [0, 0.05) is 27.7 Å². The van der Waals surface area contributed by atoms with Gasteiger partial charge in [-0.25, -0.2) is 9.97 Å². The van der Waals surface area contributed by atoms with Crippen molar-refractivity contribution in [1.29, 1.82) is 5.41 Å². The van der Waals surface area contributed by atoms with Crippen molar-refractivity contribution in [3.8, 4) is 0 Å². The van der Waals surface area contributed by atoms with Crippen LogP contribution < -0.4 is 5.73 Å². The van der Waals surface area contributed by atoms with E-state index in [0.29, 0.717) is 10.7 Å². The summed E-state index contributed by atoms with van der Waals surface area (Å²) in [5.74, 6) is 0.0156. The molecule has 104 valence electrons. The molecule has 20 heavy (non-hydrogen) atoms. The number of nitrogens with two attached hydrogens (primary N) is 1. The number of nitrogens with zero attached hydrogens (tertiary/aromatic N) is 3. The molecule has 0 atom stereocenters. The van der Waals surface area contributed by atoms with E-state index in [-0.39, 0.29) is 5.84 Å². The predicted molar refractivity (Wildman–Crippen MR) is 80.4 cm³/mol. The Bertz CT molecular complexity index is 661. The van der Waals surface area contributed by atoms with E-state index in [2.05, 4.69) is 15.0 Å². The molecule has 0 unspecified atom stereocenters. The first-order chi connectivity index (χ1) is 9.36. The van der Waals surface area contributed by atoms with E-state index in [4.69, 9.17) is 11.1 Å². The maximum absolute atomic E-state index is 7.72. The first-order valence-corrected chi connectivity index (χ1v) is 7.01. The summed E-state index contributed by atoms with van der Waals surface area (Å²) in [6, 6.07) is 3.84. The molecule has 0 bridgehead atoms. The van der Waals surface area contributed by atoms with Gasteiger partial charge in [0.2, 0.25) is 0 Å². The van der Waals surface area contributed by atoms with Crippen LogP contribution in [0, 0.1) is 33.1 Å². The van der Waals surface area contributed by atoms with Crippen LogP contribution in [0.1, 0.15) is 28.3 Å². The van der Waals surface area contributed by atoms with E-state index in [1.54, 1.807) is 0 Å². The fourth-order valence-electron chi connectivity index (χ4n) is 2.04. The molecule has 2 heterocycles. The molecule has 0 aromatic carbocycles. The zero-order valence-corrected chi connectivity index (χ0v) is 12.8. The van der Waals surface area contributed by atoms with E-state index in [1.165, 1.54) is 11.8 Å². The normalized spacial score (nSPS) is 10.6. The van der Waals surface area contributed by atoms with Crippen LogP contribution in [0.2, 0.25) is 0 Å². The number of hydrogen-bond donors (Lipinski definition) is 2. The van der Waals surface area contributed by atoms with Gasteiger partial charge in [0.05, 0.1) is 5.56 Å². The van der Waals surface area contributed by atoms with Crippen LogP contribution in [0.15, 0.2) is 22.2 Å². The number of nitrogens with one attached hydrogen (secondary N) is 1. The average molecular weight is 287 g/mol. The van der Waals surface area contributed by atoms with Crippen LogP contribution in [-0.4, -0.2) is 20.8 Å². The molecule has 0 aliphatic rings.